The van der Waals surface area contributed by atoms with E-state index in [0.29, 0.717) is 18.8 Å². The molecular weight excluding hydrogens is 452 g/mol. The van der Waals surface area contributed by atoms with Crippen LogP contribution in [0.25, 0.3) is 0 Å². The molecule has 4 rings (SSSR count). The highest BCUT2D eigenvalue weighted by Gasteiger charge is 2.31. The third-order valence-electron chi connectivity index (χ3n) is 5.88. The van der Waals surface area contributed by atoms with E-state index in [9.17, 15) is 13.2 Å². The maximum absolute atomic E-state index is 12.9. The summed E-state index contributed by atoms with van der Waals surface area (Å²) in [5.41, 5.74) is 1.30. The lowest BCUT2D eigenvalue weighted by atomic mass is 9.87. The topological polar surface area (TPSA) is 80.1 Å². The molecule has 0 spiro atoms. The Kier molecular flexibility index (Phi) is 6.81. The van der Waals surface area contributed by atoms with Gasteiger partial charge < -0.3 is 14.1 Å². The number of carbonyl (C=O) groups excluding carboxylic acids is 1. The fourth-order valence-corrected chi connectivity index (χ4v) is 5.25. The lowest BCUT2D eigenvalue weighted by Gasteiger charge is -2.33. The summed E-state index contributed by atoms with van der Waals surface area (Å²) in [6, 6.07) is 19.7. The van der Waals surface area contributed by atoms with Crippen molar-refractivity contribution in [2.75, 3.05) is 26.2 Å². The summed E-state index contributed by atoms with van der Waals surface area (Å²) in [6.07, 6.45) is 0. The number of carbonyl (C=O) groups is 1. The molecule has 1 saturated heterocycles. The largest absolute Gasteiger partial charge is 0.486 e. The van der Waals surface area contributed by atoms with E-state index in [2.05, 4.69) is 20.8 Å². The van der Waals surface area contributed by atoms with Crippen LogP contribution in [0.2, 0.25) is 0 Å². The van der Waals surface area contributed by atoms with Crippen LogP contribution in [0.3, 0.4) is 0 Å². The summed E-state index contributed by atoms with van der Waals surface area (Å²) in [5.74, 6) is 1.25. The van der Waals surface area contributed by atoms with Crippen molar-refractivity contribution in [3.05, 3.63) is 83.8 Å². The second-order valence-corrected chi connectivity index (χ2v) is 11.3. The Balaban J connectivity index is 1.31. The zero-order chi connectivity index (χ0) is 24.3. The van der Waals surface area contributed by atoms with Crippen LogP contribution in [-0.2, 0) is 22.0 Å². The van der Waals surface area contributed by atoms with E-state index in [-0.39, 0.29) is 41.7 Å². The lowest BCUT2D eigenvalue weighted by Crippen LogP contribution is -2.50. The molecule has 34 heavy (non-hydrogen) atoms. The van der Waals surface area contributed by atoms with Gasteiger partial charge in [0.05, 0.1) is 4.90 Å². The third kappa shape index (κ3) is 5.34. The van der Waals surface area contributed by atoms with E-state index in [1.54, 1.807) is 47.4 Å². The van der Waals surface area contributed by atoms with Crippen molar-refractivity contribution in [2.45, 2.75) is 37.7 Å². The van der Waals surface area contributed by atoms with Crippen molar-refractivity contribution < 1.29 is 22.4 Å². The second-order valence-electron chi connectivity index (χ2n) is 9.34. The zero-order valence-electron chi connectivity index (χ0n) is 19.7. The lowest BCUT2D eigenvalue weighted by molar-refractivity contribution is 0.0662. The quantitative estimate of drug-likeness (QED) is 0.523. The van der Waals surface area contributed by atoms with Crippen molar-refractivity contribution in [3.63, 3.8) is 0 Å². The number of sulfonamides is 1. The Hall–Kier alpha value is -3.10. The molecule has 0 saturated carbocycles. The maximum atomic E-state index is 12.9. The molecule has 1 aliphatic rings. The van der Waals surface area contributed by atoms with Gasteiger partial charge in [0, 0.05) is 26.2 Å². The smallest absolute Gasteiger partial charge is 0.289 e. The predicted octanol–water partition coefficient (Wildman–Crippen LogP) is 4.30. The van der Waals surface area contributed by atoms with Crippen molar-refractivity contribution in [1.82, 2.24) is 9.21 Å². The average molecular weight is 483 g/mol. The number of furan rings is 1. The van der Waals surface area contributed by atoms with Gasteiger partial charge in [0.1, 0.15) is 18.1 Å². The number of hydrogen-bond donors (Lipinski definition) is 0. The van der Waals surface area contributed by atoms with Crippen LogP contribution < -0.4 is 4.74 Å². The maximum Gasteiger partial charge on any atom is 0.289 e. The molecule has 1 fully saturated rings. The highest BCUT2D eigenvalue weighted by atomic mass is 32.2. The Labute approximate surface area is 201 Å². The van der Waals surface area contributed by atoms with E-state index in [4.69, 9.17) is 9.15 Å². The third-order valence-corrected chi connectivity index (χ3v) is 7.79. The minimum absolute atomic E-state index is 0.0754. The number of ether oxygens (including phenoxy) is 1. The van der Waals surface area contributed by atoms with Gasteiger partial charge in [-0.2, -0.15) is 4.31 Å². The first-order valence-electron chi connectivity index (χ1n) is 11.3. The molecule has 0 N–H and O–H groups in total. The fraction of sp³-hybridized carbons (Fsp3) is 0.346. The van der Waals surface area contributed by atoms with E-state index < -0.39 is 10.0 Å². The van der Waals surface area contributed by atoms with Gasteiger partial charge in [0.2, 0.25) is 10.0 Å². The first-order chi connectivity index (χ1) is 16.1. The number of rotatable bonds is 6. The number of benzene rings is 2. The van der Waals surface area contributed by atoms with Crippen LogP contribution in [0.15, 0.2) is 76.0 Å². The van der Waals surface area contributed by atoms with Crippen molar-refractivity contribution in [1.29, 1.82) is 0 Å². The minimum atomic E-state index is -3.56. The van der Waals surface area contributed by atoms with E-state index in [1.807, 2.05) is 24.3 Å². The Morgan fingerprint density at radius 2 is 1.56 bits per heavy atom. The molecule has 0 aliphatic carbocycles. The van der Waals surface area contributed by atoms with Crippen molar-refractivity contribution in [3.8, 4) is 5.75 Å². The van der Waals surface area contributed by atoms with E-state index in [1.165, 1.54) is 9.87 Å². The van der Waals surface area contributed by atoms with Gasteiger partial charge in [-0.25, -0.2) is 8.42 Å². The van der Waals surface area contributed by atoms with Gasteiger partial charge in [0.15, 0.2) is 5.76 Å². The van der Waals surface area contributed by atoms with Gasteiger partial charge in [-0.3, -0.25) is 4.79 Å². The molecule has 180 valence electrons. The van der Waals surface area contributed by atoms with Crippen LogP contribution in [0.5, 0.6) is 5.75 Å². The second kappa shape index (κ2) is 9.64. The Morgan fingerprint density at radius 1 is 0.912 bits per heavy atom. The Bertz CT molecular complexity index is 1220. The molecule has 0 bridgehead atoms. The monoisotopic (exact) mass is 482 g/mol. The van der Waals surface area contributed by atoms with E-state index >= 15 is 0 Å². The van der Waals surface area contributed by atoms with Crippen LogP contribution in [-0.4, -0.2) is 49.7 Å². The molecule has 2 aromatic carbocycles. The highest BCUT2D eigenvalue weighted by molar-refractivity contribution is 7.89. The van der Waals surface area contributed by atoms with Gasteiger partial charge in [0.25, 0.3) is 5.91 Å². The first kappa shape index (κ1) is 24.0. The van der Waals surface area contributed by atoms with Crippen molar-refractivity contribution in [2.24, 2.45) is 0 Å². The van der Waals surface area contributed by atoms with Crippen LogP contribution in [0.4, 0.5) is 0 Å². The Morgan fingerprint density at radius 3 is 2.18 bits per heavy atom. The molecule has 0 unspecified atom stereocenters. The molecule has 1 amide bonds. The van der Waals surface area contributed by atoms with Gasteiger partial charge in [-0.05, 0) is 47.4 Å². The van der Waals surface area contributed by atoms with Crippen molar-refractivity contribution >= 4 is 15.9 Å². The molecule has 3 aromatic rings. The number of amides is 1. The summed E-state index contributed by atoms with van der Waals surface area (Å²) < 4.78 is 38.5. The van der Waals surface area contributed by atoms with Gasteiger partial charge >= 0.3 is 0 Å². The summed E-state index contributed by atoms with van der Waals surface area (Å²) in [7, 11) is -3.56. The summed E-state index contributed by atoms with van der Waals surface area (Å²) >= 11 is 0. The summed E-state index contributed by atoms with van der Waals surface area (Å²) in [5, 5.41) is 0. The zero-order valence-corrected chi connectivity index (χ0v) is 20.5. The molecule has 7 nitrogen and oxygen atoms in total. The molecular formula is C26H30N2O5S. The summed E-state index contributed by atoms with van der Waals surface area (Å²) in [4.78, 5) is 14.7. The molecule has 2 heterocycles. The molecule has 1 aromatic heterocycles. The average Bonchev–Trinajstić information content (AvgIpc) is 3.32. The van der Waals surface area contributed by atoms with Gasteiger partial charge in [-0.15, -0.1) is 0 Å². The number of hydrogen-bond acceptors (Lipinski definition) is 5. The summed E-state index contributed by atoms with van der Waals surface area (Å²) in [6.45, 7) is 7.78. The SMILES string of the molecule is CC(C)(C)c1ccc(OCc2ccc(C(=O)N3CCN(S(=O)(=O)c4ccccc4)CC3)o2)cc1. The van der Waals surface area contributed by atoms with E-state index in [0.717, 1.165) is 5.75 Å². The first-order valence-corrected chi connectivity index (χ1v) is 12.8. The van der Waals surface area contributed by atoms with Crippen LogP contribution in [0, 0.1) is 0 Å². The highest BCUT2D eigenvalue weighted by Crippen LogP contribution is 2.25. The predicted molar refractivity (Wildman–Crippen MR) is 129 cm³/mol. The number of piperazine rings is 1. The van der Waals surface area contributed by atoms with Crippen LogP contribution >= 0.6 is 0 Å². The molecule has 0 radical (unpaired) electrons. The molecule has 8 heteroatoms. The molecule has 1 aliphatic heterocycles. The van der Waals surface area contributed by atoms with Gasteiger partial charge in [-0.1, -0.05) is 51.1 Å². The molecule has 0 atom stereocenters. The normalized spacial score (nSPS) is 15.3. The van der Waals surface area contributed by atoms with Crippen LogP contribution in [0.1, 0.15) is 42.6 Å². The fourth-order valence-electron chi connectivity index (χ4n) is 3.80. The standard InChI is InChI=1S/C26H30N2O5S/c1-26(2,3)20-9-11-21(12-10-20)32-19-22-13-14-24(33-22)25(29)27-15-17-28(18-16-27)34(30,31)23-7-5-4-6-8-23/h4-14H,15-19H2,1-3H3. The minimum Gasteiger partial charge on any atom is -0.486 e. The number of nitrogens with zero attached hydrogens (tertiary/aromatic N) is 2.